The summed E-state index contributed by atoms with van der Waals surface area (Å²) in [6, 6.07) is 7.63. The van der Waals surface area contributed by atoms with E-state index in [9.17, 15) is 8.42 Å². The van der Waals surface area contributed by atoms with Gasteiger partial charge in [0.15, 0.2) is 9.34 Å². The number of rotatable bonds is 2. The van der Waals surface area contributed by atoms with Gasteiger partial charge in [-0.05, 0) is 31.4 Å². The molecule has 2 N–H and O–H groups in total. The molecule has 106 valence electrons. The Bertz CT molecular complexity index is 753. The monoisotopic (exact) mass is 309 g/mol. The first kappa shape index (κ1) is 13.4. The van der Waals surface area contributed by atoms with Crippen molar-refractivity contribution in [3.63, 3.8) is 0 Å². The van der Waals surface area contributed by atoms with Gasteiger partial charge in [-0.3, -0.25) is 4.31 Å². The third-order valence-electron chi connectivity index (χ3n) is 3.36. The zero-order chi connectivity index (χ0) is 14.3. The minimum Gasteiger partial charge on any atom is -0.375 e. The van der Waals surface area contributed by atoms with Gasteiger partial charge in [0.05, 0.1) is 11.4 Å². The molecular weight excluding hydrogens is 294 g/mol. The number of nitrogens with zero attached hydrogens (tertiary/aromatic N) is 2. The number of hydrogen-bond donors (Lipinski definition) is 1. The average Bonchev–Trinajstić information content (AvgIpc) is 2.78. The Labute approximate surface area is 122 Å². The Hall–Kier alpha value is -1.60. The highest BCUT2D eigenvalue weighted by atomic mass is 32.2. The van der Waals surface area contributed by atoms with Crippen LogP contribution in [0.1, 0.15) is 17.7 Å². The maximum atomic E-state index is 12.8. The van der Waals surface area contributed by atoms with Gasteiger partial charge in [0.1, 0.15) is 0 Å². The van der Waals surface area contributed by atoms with E-state index in [1.807, 2.05) is 24.3 Å². The number of hydrogen-bond acceptors (Lipinski definition) is 5. The molecule has 0 unspecified atom stereocenters. The van der Waals surface area contributed by atoms with Crippen molar-refractivity contribution in [2.45, 2.75) is 24.0 Å². The van der Waals surface area contributed by atoms with E-state index in [0.29, 0.717) is 12.2 Å². The van der Waals surface area contributed by atoms with Crippen LogP contribution in [0.2, 0.25) is 0 Å². The molecule has 2 heterocycles. The summed E-state index contributed by atoms with van der Waals surface area (Å²) in [5, 5.41) is 0.284. The van der Waals surface area contributed by atoms with E-state index < -0.39 is 10.0 Å². The molecule has 5 nitrogen and oxygen atoms in total. The van der Waals surface area contributed by atoms with Crippen molar-refractivity contribution in [3.05, 3.63) is 35.5 Å². The second-order valence-corrected chi connectivity index (χ2v) is 7.82. The molecule has 1 aliphatic rings. The summed E-state index contributed by atoms with van der Waals surface area (Å²) in [6.07, 6.45) is 1.73. The van der Waals surface area contributed by atoms with Crippen LogP contribution in [-0.2, 0) is 16.4 Å². The van der Waals surface area contributed by atoms with Crippen LogP contribution in [0.15, 0.2) is 28.5 Å². The van der Waals surface area contributed by atoms with Crippen molar-refractivity contribution in [2.75, 3.05) is 16.6 Å². The molecule has 0 saturated carbocycles. The number of thiazole rings is 1. The predicted octanol–water partition coefficient (Wildman–Crippen LogP) is 2.18. The summed E-state index contributed by atoms with van der Waals surface area (Å²) >= 11 is 1.03. The molecule has 3 rings (SSSR count). The average molecular weight is 309 g/mol. The van der Waals surface area contributed by atoms with Gasteiger partial charge < -0.3 is 5.73 Å². The minimum absolute atomic E-state index is 0.242. The number of aryl methyl sites for hydroxylation is 2. The van der Waals surface area contributed by atoms with Gasteiger partial charge in [0.2, 0.25) is 0 Å². The molecule has 0 bridgehead atoms. The van der Waals surface area contributed by atoms with Crippen LogP contribution >= 0.6 is 11.3 Å². The summed E-state index contributed by atoms with van der Waals surface area (Å²) in [7, 11) is -3.58. The smallest absolute Gasteiger partial charge is 0.275 e. The maximum Gasteiger partial charge on any atom is 0.275 e. The standard InChI is InChI=1S/C13H15N3O2S2/c1-9-12(19-13(14)15-9)20(17,18)16-8-4-6-10-5-2-3-7-11(10)16/h2-3,5,7H,4,6,8H2,1H3,(H2,14,15). The van der Waals surface area contributed by atoms with Gasteiger partial charge in [-0.2, -0.15) is 0 Å². The Morgan fingerprint density at radius 3 is 2.80 bits per heavy atom. The molecule has 1 aliphatic heterocycles. The van der Waals surface area contributed by atoms with E-state index in [4.69, 9.17) is 5.73 Å². The summed E-state index contributed by atoms with van der Waals surface area (Å²) < 4.78 is 27.4. The number of aromatic nitrogens is 1. The predicted molar refractivity (Wildman–Crippen MR) is 80.6 cm³/mol. The van der Waals surface area contributed by atoms with Crippen molar-refractivity contribution in [1.29, 1.82) is 0 Å². The van der Waals surface area contributed by atoms with Crippen LogP contribution < -0.4 is 10.0 Å². The fourth-order valence-corrected chi connectivity index (χ4v) is 5.43. The van der Waals surface area contributed by atoms with Crippen LogP contribution in [0.4, 0.5) is 10.8 Å². The fraction of sp³-hybridized carbons (Fsp3) is 0.308. The Morgan fingerprint density at radius 2 is 2.10 bits per heavy atom. The van der Waals surface area contributed by atoms with Crippen LogP contribution in [0.3, 0.4) is 0 Å². The van der Waals surface area contributed by atoms with Gasteiger partial charge in [-0.15, -0.1) is 0 Å². The summed E-state index contributed by atoms with van der Waals surface area (Å²) in [5.74, 6) is 0. The van der Waals surface area contributed by atoms with E-state index in [1.165, 1.54) is 4.31 Å². The Morgan fingerprint density at radius 1 is 1.35 bits per heavy atom. The number of anilines is 2. The first-order valence-corrected chi connectivity index (χ1v) is 8.59. The first-order valence-electron chi connectivity index (χ1n) is 6.33. The van der Waals surface area contributed by atoms with Gasteiger partial charge in [0.25, 0.3) is 10.0 Å². The number of nitrogens with two attached hydrogens (primary N) is 1. The summed E-state index contributed by atoms with van der Waals surface area (Å²) in [4.78, 5) is 4.02. The van der Waals surface area contributed by atoms with Crippen molar-refractivity contribution in [2.24, 2.45) is 0 Å². The van der Waals surface area contributed by atoms with E-state index in [1.54, 1.807) is 6.92 Å². The van der Waals surface area contributed by atoms with Gasteiger partial charge >= 0.3 is 0 Å². The zero-order valence-corrected chi connectivity index (χ0v) is 12.7. The molecule has 2 aromatic rings. The molecule has 0 atom stereocenters. The molecular formula is C13H15N3O2S2. The SMILES string of the molecule is Cc1nc(N)sc1S(=O)(=O)N1CCCc2ccccc21. The number of para-hydroxylation sites is 1. The van der Waals surface area contributed by atoms with E-state index in [-0.39, 0.29) is 9.34 Å². The lowest BCUT2D eigenvalue weighted by Crippen LogP contribution is -2.35. The van der Waals surface area contributed by atoms with E-state index >= 15 is 0 Å². The molecule has 0 saturated heterocycles. The van der Waals surface area contributed by atoms with Crippen molar-refractivity contribution < 1.29 is 8.42 Å². The second-order valence-electron chi connectivity index (χ2n) is 4.73. The topological polar surface area (TPSA) is 76.3 Å². The molecule has 7 heteroatoms. The van der Waals surface area contributed by atoms with Crippen molar-refractivity contribution in [3.8, 4) is 0 Å². The Balaban J connectivity index is 2.12. The molecule has 20 heavy (non-hydrogen) atoms. The molecule has 0 aliphatic carbocycles. The highest BCUT2D eigenvalue weighted by Gasteiger charge is 2.32. The molecule has 1 aromatic heterocycles. The summed E-state index contributed by atoms with van der Waals surface area (Å²) in [5.41, 5.74) is 7.93. The molecule has 0 spiro atoms. The lowest BCUT2D eigenvalue weighted by Gasteiger charge is -2.29. The maximum absolute atomic E-state index is 12.8. The highest BCUT2D eigenvalue weighted by Crippen LogP contribution is 2.35. The zero-order valence-electron chi connectivity index (χ0n) is 11.0. The number of fused-ring (bicyclic) bond motifs is 1. The minimum atomic E-state index is -3.58. The highest BCUT2D eigenvalue weighted by molar-refractivity contribution is 7.94. The lowest BCUT2D eigenvalue weighted by atomic mass is 10.0. The van der Waals surface area contributed by atoms with E-state index in [2.05, 4.69) is 4.98 Å². The van der Waals surface area contributed by atoms with Gasteiger partial charge in [0, 0.05) is 6.54 Å². The van der Waals surface area contributed by atoms with Crippen LogP contribution in [-0.4, -0.2) is 19.9 Å². The molecule has 1 aromatic carbocycles. The normalized spacial score (nSPS) is 15.2. The lowest BCUT2D eigenvalue weighted by molar-refractivity contribution is 0.588. The van der Waals surface area contributed by atoms with Crippen molar-refractivity contribution >= 4 is 32.2 Å². The number of sulfonamides is 1. The molecule has 0 fully saturated rings. The second kappa shape index (κ2) is 4.75. The van der Waals surface area contributed by atoms with Gasteiger partial charge in [-0.25, -0.2) is 13.4 Å². The number of nitrogen functional groups attached to an aromatic ring is 1. The fourth-order valence-electron chi connectivity index (χ4n) is 2.49. The largest absolute Gasteiger partial charge is 0.375 e. The van der Waals surface area contributed by atoms with Crippen LogP contribution in [0, 0.1) is 6.92 Å². The van der Waals surface area contributed by atoms with Crippen LogP contribution in [0.25, 0.3) is 0 Å². The third-order valence-corrected chi connectivity index (χ3v) is 6.75. The quantitative estimate of drug-likeness (QED) is 0.922. The van der Waals surface area contributed by atoms with Crippen molar-refractivity contribution in [1.82, 2.24) is 4.98 Å². The molecule has 0 amide bonds. The van der Waals surface area contributed by atoms with Crippen LogP contribution in [0.5, 0.6) is 0 Å². The Kier molecular flexibility index (Phi) is 3.18. The number of benzene rings is 1. The first-order chi connectivity index (χ1) is 9.50. The van der Waals surface area contributed by atoms with E-state index in [0.717, 1.165) is 35.4 Å². The molecule has 0 radical (unpaired) electrons. The third kappa shape index (κ3) is 2.06. The summed E-state index contributed by atoms with van der Waals surface area (Å²) in [6.45, 7) is 2.17. The van der Waals surface area contributed by atoms with Gasteiger partial charge in [-0.1, -0.05) is 29.5 Å².